The smallest absolute Gasteiger partial charge is 0.145 e. The van der Waals surface area contributed by atoms with E-state index in [1.165, 1.54) is 42.1 Å². The van der Waals surface area contributed by atoms with Crippen LogP contribution in [0.4, 0.5) is 0 Å². The predicted octanol–water partition coefficient (Wildman–Crippen LogP) is 10.9. The van der Waals surface area contributed by atoms with Crippen LogP contribution >= 0.6 is 11.3 Å². The summed E-state index contributed by atoms with van der Waals surface area (Å²) >= 11 is 1.87. The number of para-hydroxylation sites is 2. The van der Waals surface area contributed by atoms with Crippen molar-refractivity contribution in [2.24, 2.45) is 0 Å². The van der Waals surface area contributed by atoms with Gasteiger partial charge in [-0.05, 0) is 46.7 Å². The number of hydrogen-bond donors (Lipinski definition) is 0. The van der Waals surface area contributed by atoms with Crippen LogP contribution in [-0.4, -0.2) is 4.98 Å². The van der Waals surface area contributed by atoms with Gasteiger partial charge < -0.3 is 4.42 Å². The number of fused-ring (bicyclic) bond motifs is 9. The third kappa shape index (κ3) is 3.01. The van der Waals surface area contributed by atoms with Crippen LogP contribution in [0, 0.1) is 0 Å². The number of rotatable bonds is 2. The summed E-state index contributed by atoms with van der Waals surface area (Å²) in [5, 5.41) is 7.17. The minimum absolute atomic E-state index is 0.844. The lowest BCUT2D eigenvalue weighted by Gasteiger charge is -2.15. The molecule has 0 spiro atoms. The van der Waals surface area contributed by atoms with Crippen molar-refractivity contribution >= 4 is 64.2 Å². The Morgan fingerprint density at radius 2 is 1.12 bits per heavy atom. The number of aromatic nitrogens is 1. The summed E-state index contributed by atoms with van der Waals surface area (Å²) < 4.78 is 9.40. The lowest BCUT2D eigenvalue weighted by Crippen LogP contribution is -1.91. The summed E-state index contributed by atoms with van der Waals surface area (Å²) in [5.41, 5.74) is 7.47. The van der Waals surface area contributed by atoms with Gasteiger partial charge in [0.25, 0.3) is 0 Å². The molecule has 0 aliphatic carbocycles. The van der Waals surface area contributed by atoms with Gasteiger partial charge in [-0.2, -0.15) is 0 Å². The molecule has 40 heavy (non-hydrogen) atoms. The first kappa shape index (κ1) is 21.9. The van der Waals surface area contributed by atoms with E-state index in [0.29, 0.717) is 0 Å². The van der Waals surface area contributed by atoms with Gasteiger partial charge in [0.05, 0.1) is 16.8 Å². The molecule has 0 bridgehead atoms. The monoisotopic (exact) mass is 527 g/mol. The van der Waals surface area contributed by atoms with Gasteiger partial charge in [0, 0.05) is 42.1 Å². The molecular weight excluding hydrogens is 506 g/mol. The fraction of sp³-hybridized carbons (Fsp3) is 0. The second kappa shape index (κ2) is 8.25. The summed E-state index contributed by atoms with van der Waals surface area (Å²) in [7, 11) is 0. The average molecular weight is 528 g/mol. The highest BCUT2D eigenvalue weighted by molar-refractivity contribution is 7.26. The van der Waals surface area contributed by atoms with E-state index in [9.17, 15) is 0 Å². The standard InChI is InChI=1S/C37H21NOS/c1-2-11-23-22(10-1)24(27-15-9-16-28-25-12-5-8-19-33(25)40-37(27)28)20-21-26(23)36-34-29-13-3-6-17-31(29)38-35(34)30-14-4-7-18-32(30)39-36/h1-21H. The van der Waals surface area contributed by atoms with E-state index >= 15 is 0 Å². The first-order valence-electron chi connectivity index (χ1n) is 13.5. The topological polar surface area (TPSA) is 26.0 Å². The molecule has 0 fully saturated rings. The summed E-state index contributed by atoms with van der Waals surface area (Å²) in [5.74, 6) is 0.866. The summed E-state index contributed by atoms with van der Waals surface area (Å²) in [6.45, 7) is 0. The fourth-order valence-corrected chi connectivity index (χ4v) is 7.53. The lowest BCUT2D eigenvalue weighted by molar-refractivity contribution is 0.622. The van der Waals surface area contributed by atoms with E-state index in [0.717, 1.165) is 44.5 Å². The van der Waals surface area contributed by atoms with Gasteiger partial charge in [-0.1, -0.05) is 97.1 Å². The first-order chi connectivity index (χ1) is 19.8. The molecule has 1 aromatic heterocycles. The maximum atomic E-state index is 6.75. The van der Waals surface area contributed by atoms with Crippen molar-refractivity contribution in [3.8, 4) is 33.7 Å². The zero-order chi connectivity index (χ0) is 26.2. The van der Waals surface area contributed by atoms with Crippen molar-refractivity contribution in [3.05, 3.63) is 127 Å². The van der Waals surface area contributed by atoms with Crippen molar-refractivity contribution in [1.29, 1.82) is 0 Å². The zero-order valence-corrected chi connectivity index (χ0v) is 22.2. The Balaban J connectivity index is 1.37. The zero-order valence-electron chi connectivity index (χ0n) is 21.4. The second-order valence-corrected chi connectivity index (χ2v) is 11.3. The molecule has 0 unspecified atom stereocenters. The van der Waals surface area contributed by atoms with Gasteiger partial charge in [-0.15, -0.1) is 11.3 Å². The van der Waals surface area contributed by atoms with E-state index in [2.05, 4.69) is 109 Å². The number of nitrogens with zero attached hydrogens (tertiary/aromatic N) is 1. The number of benzene rings is 6. The van der Waals surface area contributed by atoms with Crippen molar-refractivity contribution in [1.82, 2.24) is 4.98 Å². The third-order valence-corrected chi connectivity index (χ3v) is 9.31. The van der Waals surface area contributed by atoms with Crippen molar-refractivity contribution in [3.63, 3.8) is 0 Å². The first-order valence-corrected chi connectivity index (χ1v) is 14.3. The number of hydrogen-bond acceptors (Lipinski definition) is 3. The average Bonchev–Trinajstić information content (AvgIpc) is 3.60. The molecule has 9 rings (SSSR count). The molecule has 0 N–H and O–H groups in total. The summed E-state index contributed by atoms with van der Waals surface area (Å²) in [4.78, 5) is 5.07. The molecule has 2 aliphatic heterocycles. The molecule has 0 atom stereocenters. The van der Waals surface area contributed by atoms with Crippen molar-refractivity contribution < 1.29 is 4.42 Å². The van der Waals surface area contributed by atoms with Crippen LogP contribution in [0.15, 0.2) is 132 Å². The van der Waals surface area contributed by atoms with Gasteiger partial charge in [0.1, 0.15) is 11.3 Å². The molecule has 2 aliphatic rings. The maximum Gasteiger partial charge on any atom is 0.145 e. The molecule has 2 nitrogen and oxygen atoms in total. The van der Waals surface area contributed by atoms with E-state index < -0.39 is 0 Å². The van der Waals surface area contributed by atoms with Gasteiger partial charge in [-0.3, -0.25) is 0 Å². The second-order valence-electron chi connectivity index (χ2n) is 10.3. The SMILES string of the molecule is c1ccc2c3c(-c4ccc(-c5cccc6c5sc5ccccc56)c5ccccc45)oc4ccccc4c-3nc2c1. The normalized spacial score (nSPS) is 12.0. The van der Waals surface area contributed by atoms with Crippen LogP contribution < -0.4 is 0 Å². The van der Waals surface area contributed by atoms with E-state index in [4.69, 9.17) is 9.40 Å². The van der Waals surface area contributed by atoms with Gasteiger partial charge in [-0.25, -0.2) is 4.98 Å². The maximum absolute atomic E-state index is 6.75. The quantitative estimate of drug-likeness (QED) is 0.223. The fourth-order valence-electron chi connectivity index (χ4n) is 6.30. The molecule has 3 heterocycles. The highest BCUT2D eigenvalue weighted by Gasteiger charge is 2.24. The molecule has 0 radical (unpaired) electrons. The Hall–Kier alpha value is -4.99. The number of thiophene rings is 1. The van der Waals surface area contributed by atoms with Gasteiger partial charge >= 0.3 is 0 Å². The Kier molecular flexibility index (Phi) is 4.52. The summed E-state index contributed by atoms with van der Waals surface area (Å²) in [6.07, 6.45) is 0. The molecular formula is C37H21NOS. The Labute approximate surface area is 234 Å². The molecule has 6 aromatic carbocycles. The van der Waals surface area contributed by atoms with Crippen molar-refractivity contribution in [2.75, 3.05) is 0 Å². The minimum Gasteiger partial charge on any atom is -0.455 e. The van der Waals surface area contributed by atoms with Crippen LogP contribution in [0.1, 0.15) is 0 Å². The van der Waals surface area contributed by atoms with Gasteiger partial charge in [0.2, 0.25) is 0 Å². The summed E-state index contributed by atoms with van der Waals surface area (Å²) in [6, 6.07) is 45.2. The molecule has 7 aromatic rings. The van der Waals surface area contributed by atoms with E-state index in [1.807, 2.05) is 29.5 Å². The predicted molar refractivity (Wildman–Crippen MR) is 169 cm³/mol. The molecule has 3 heteroatoms. The van der Waals surface area contributed by atoms with Crippen LogP contribution in [0.5, 0.6) is 0 Å². The molecule has 0 amide bonds. The van der Waals surface area contributed by atoms with Crippen LogP contribution in [0.25, 0.3) is 86.5 Å². The van der Waals surface area contributed by atoms with Gasteiger partial charge in [0.15, 0.2) is 0 Å². The largest absolute Gasteiger partial charge is 0.455 e. The molecule has 0 saturated heterocycles. The highest BCUT2D eigenvalue weighted by atomic mass is 32.1. The van der Waals surface area contributed by atoms with Crippen molar-refractivity contribution in [2.45, 2.75) is 0 Å². The van der Waals surface area contributed by atoms with Crippen LogP contribution in [0.3, 0.4) is 0 Å². The minimum atomic E-state index is 0.844. The lowest BCUT2D eigenvalue weighted by atomic mass is 9.91. The highest BCUT2D eigenvalue weighted by Crippen LogP contribution is 2.47. The van der Waals surface area contributed by atoms with E-state index in [1.54, 1.807) is 0 Å². The van der Waals surface area contributed by atoms with Crippen LogP contribution in [0.2, 0.25) is 0 Å². The molecule has 186 valence electrons. The van der Waals surface area contributed by atoms with E-state index in [-0.39, 0.29) is 0 Å². The van der Waals surface area contributed by atoms with Crippen LogP contribution in [-0.2, 0) is 0 Å². The Morgan fingerprint density at radius 3 is 2.00 bits per heavy atom. The Bertz CT molecular complexity index is 2390. The molecule has 0 saturated carbocycles. The third-order valence-electron chi connectivity index (χ3n) is 8.09. The Morgan fingerprint density at radius 1 is 0.475 bits per heavy atom.